The number of rotatable bonds is 54. The Morgan fingerprint density at radius 3 is 0.471 bits per heavy atom. The summed E-state index contributed by atoms with van der Waals surface area (Å²) < 4.78 is 0. The van der Waals surface area contributed by atoms with Crippen LogP contribution in [0.3, 0.4) is 0 Å². The molecule has 0 heterocycles. The Morgan fingerprint density at radius 1 is 0.207 bits per heavy atom. The van der Waals surface area contributed by atoms with E-state index in [2.05, 4.69) is 31.9 Å². The highest BCUT2D eigenvalue weighted by molar-refractivity contribution is 5.82. The molecule has 0 aliphatic carbocycles. The van der Waals surface area contributed by atoms with Crippen LogP contribution in [0, 0.1) is 0 Å². The van der Waals surface area contributed by atoms with E-state index >= 15 is 0 Å². The van der Waals surface area contributed by atoms with Crippen molar-refractivity contribution in [2.24, 2.45) is 0 Å². The molecule has 39 nitrogen and oxygen atoms in total. The van der Waals surface area contributed by atoms with Crippen molar-refractivity contribution in [3.63, 3.8) is 0 Å². The van der Waals surface area contributed by atoms with Crippen LogP contribution >= 0.6 is 0 Å². The molecule has 0 bridgehead atoms. The third kappa shape index (κ3) is 44.8. The molecule has 0 spiro atoms. The molecule has 0 unspecified atom stereocenters. The molecule has 0 atom stereocenters. The minimum atomic E-state index is -1.35. The van der Waals surface area contributed by atoms with Gasteiger partial charge in [-0.1, -0.05) is 0 Å². The average molecular weight is 1250 g/mol. The van der Waals surface area contributed by atoms with E-state index in [0.717, 1.165) is 9.80 Å². The second kappa shape index (κ2) is 45.1. The highest BCUT2D eigenvalue weighted by Crippen LogP contribution is 2.01. The van der Waals surface area contributed by atoms with Crippen LogP contribution in [0.25, 0.3) is 0 Å². The number of hydrogen-bond donors (Lipinski definition) is 15. The lowest BCUT2D eigenvalue weighted by molar-refractivity contribution is -0.141. The average Bonchev–Trinajstić information content (AvgIpc) is 3.45. The molecule has 0 radical (unpaired) electrons. The molecular formula is C48H83N15O24. The molecular weight excluding hydrogens is 1170 g/mol. The van der Waals surface area contributed by atoms with Gasteiger partial charge in [-0.2, -0.15) is 0 Å². The molecule has 87 heavy (non-hydrogen) atoms. The summed E-state index contributed by atoms with van der Waals surface area (Å²) in [5.41, 5.74) is 0. The summed E-state index contributed by atoms with van der Waals surface area (Å²) in [6.07, 6.45) is 0. The van der Waals surface area contributed by atoms with E-state index in [1.807, 2.05) is 0 Å². The van der Waals surface area contributed by atoms with Gasteiger partial charge in [0.2, 0.25) is 35.4 Å². The topological polar surface area (TPSA) is 539 Å². The lowest BCUT2D eigenvalue weighted by Crippen LogP contribution is -2.48. The van der Waals surface area contributed by atoms with Crippen LogP contribution < -0.4 is 31.9 Å². The predicted octanol–water partition coefficient (Wildman–Crippen LogP) is -10.6. The fourth-order valence-corrected chi connectivity index (χ4v) is 7.92. The molecule has 0 rings (SSSR count). The summed E-state index contributed by atoms with van der Waals surface area (Å²) in [4.78, 5) is 191. The van der Waals surface area contributed by atoms with Gasteiger partial charge in [0, 0.05) is 119 Å². The minimum Gasteiger partial charge on any atom is -0.480 e. The van der Waals surface area contributed by atoms with Crippen LogP contribution in [0.15, 0.2) is 0 Å². The summed E-state index contributed by atoms with van der Waals surface area (Å²) in [5.74, 6) is -15.4. The highest BCUT2D eigenvalue weighted by atomic mass is 16.4. The van der Waals surface area contributed by atoms with Gasteiger partial charge in [-0.15, -0.1) is 0 Å². The molecule has 0 aliphatic rings. The molecule has 0 saturated carbocycles. The summed E-state index contributed by atoms with van der Waals surface area (Å²) in [5, 5.41) is 99.6. The number of nitrogens with one attached hydrogen (secondary N) is 6. The highest BCUT2D eigenvalue weighted by Gasteiger charge is 2.24. The lowest BCUT2D eigenvalue weighted by atomic mass is 10.3. The number of amides is 6. The fraction of sp³-hybridized carbons (Fsp3) is 0.688. The van der Waals surface area contributed by atoms with Crippen LogP contribution in [-0.4, -0.2) is 396 Å². The molecule has 0 saturated heterocycles. The van der Waals surface area contributed by atoms with Crippen molar-refractivity contribution in [2.75, 3.05) is 217 Å². The summed E-state index contributed by atoms with van der Waals surface area (Å²) in [7, 11) is 2.70. The van der Waals surface area contributed by atoms with E-state index in [-0.39, 0.29) is 118 Å². The van der Waals surface area contributed by atoms with Gasteiger partial charge in [0.1, 0.15) is 0 Å². The third-order valence-corrected chi connectivity index (χ3v) is 11.9. The zero-order valence-corrected chi connectivity index (χ0v) is 48.6. The number of nitrogens with zero attached hydrogens (tertiary/aromatic N) is 9. The van der Waals surface area contributed by atoms with E-state index in [1.54, 1.807) is 0 Å². The van der Waals surface area contributed by atoms with E-state index < -0.39 is 174 Å². The second-order valence-electron chi connectivity index (χ2n) is 19.4. The van der Waals surface area contributed by atoms with Crippen LogP contribution in [0.4, 0.5) is 0 Å². The Kier molecular flexibility index (Phi) is 40.8. The van der Waals surface area contributed by atoms with Crippen LogP contribution in [0.5, 0.6) is 0 Å². The number of likely N-dealkylation sites (N-methyl/N-ethyl adjacent to an activating group) is 2. The van der Waals surface area contributed by atoms with Gasteiger partial charge in [0.05, 0.1) is 98.2 Å². The Bertz CT molecular complexity index is 2160. The Hall–Kier alpha value is -8.31. The monoisotopic (exact) mass is 1250 g/mol. The standard InChI is InChI=1S/C48H83N15O24/c1-49-34(64)19-58(28-43(76)77)13-7-55(25-40(70)71)9-15-60(30-45(80)81)21-36(66)51-3-5-53-38(68)23-62(32-47(84)85)17-11-57(27-42(74)75)12-18-63(33-48(86)87)24-39(69)54-6-4-52-37(67)22-61(31-46(82)83)16-10-56(26-41(72)73)8-14-59(29-44(78)79)20-35(65)50-2/h3-33H2,1-2H3,(H,49,64)(H,50,65)(H,51,66)(H,52,67)(H,53,68)(H,54,69)(H,70,71)(H,72,73)(H,74,75)(H,76,77)(H,78,79)(H,80,81)(H,82,83)(H,84,85)(H,86,87). The third-order valence-electron chi connectivity index (χ3n) is 11.9. The summed E-state index contributed by atoms with van der Waals surface area (Å²) in [6.45, 7) is -10.1. The number of carboxylic acid groups (broad SMARTS) is 9. The smallest absolute Gasteiger partial charge is 0.317 e. The molecule has 39 heteroatoms. The first-order valence-electron chi connectivity index (χ1n) is 26.8. The van der Waals surface area contributed by atoms with Crippen molar-refractivity contribution in [1.29, 1.82) is 0 Å². The van der Waals surface area contributed by atoms with Gasteiger partial charge in [-0.25, -0.2) is 0 Å². The van der Waals surface area contributed by atoms with Gasteiger partial charge in [0.25, 0.3) is 0 Å². The maximum absolute atomic E-state index is 12.9. The molecule has 15 N–H and O–H groups in total. The SMILES string of the molecule is CNC(=O)CN(CCN(CCN(CC(=O)O)CC(=O)NCCNC(=O)CN(CCN(CCN(CC(=O)O)CC(=O)NCCNC(=O)CN(CCN(CCN(CC(=O)O)CC(=O)NC)CC(=O)O)CC(=O)O)CC(=O)O)CC(=O)O)CC(=O)O)CC(=O)O. The Balaban J connectivity index is 5.43. The number of aliphatic carboxylic acids is 9. The Labute approximate surface area is 499 Å². The van der Waals surface area contributed by atoms with E-state index in [1.165, 1.54) is 48.4 Å². The predicted molar refractivity (Wildman–Crippen MR) is 297 cm³/mol. The molecule has 6 amide bonds. The van der Waals surface area contributed by atoms with Gasteiger partial charge < -0.3 is 77.9 Å². The quantitative estimate of drug-likeness (QED) is 0.0252. The number of carboxylic acids is 9. The van der Waals surface area contributed by atoms with Crippen LogP contribution in [-0.2, 0) is 71.9 Å². The first-order valence-corrected chi connectivity index (χ1v) is 26.8. The molecule has 0 aromatic rings. The molecule has 0 aromatic carbocycles. The largest absolute Gasteiger partial charge is 0.480 e. The first kappa shape index (κ1) is 78.7. The van der Waals surface area contributed by atoms with Crippen LogP contribution in [0.2, 0.25) is 0 Å². The maximum Gasteiger partial charge on any atom is 0.317 e. The summed E-state index contributed by atoms with van der Waals surface area (Å²) in [6, 6.07) is 0. The minimum absolute atomic E-state index is 0.0380. The van der Waals surface area contributed by atoms with Crippen molar-refractivity contribution in [3.05, 3.63) is 0 Å². The van der Waals surface area contributed by atoms with E-state index in [9.17, 15) is 118 Å². The second-order valence-corrected chi connectivity index (χ2v) is 19.4. The van der Waals surface area contributed by atoms with Gasteiger partial charge >= 0.3 is 53.7 Å². The number of hydrogen-bond acceptors (Lipinski definition) is 24. The lowest BCUT2D eigenvalue weighted by Gasteiger charge is -2.28. The maximum atomic E-state index is 12.9. The van der Waals surface area contributed by atoms with Crippen LogP contribution in [0.1, 0.15) is 0 Å². The van der Waals surface area contributed by atoms with E-state index in [0.29, 0.717) is 0 Å². The number of carbonyl (C=O) groups is 15. The van der Waals surface area contributed by atoms with Crippen molar-refractivity contribution in [2.45, 2.75) is 0 Å². The fourth-order valence-electron chi connectivity index (χ4n) is 7.92. The molecule has 0 fully saturated rings. The van der Waals surface area contributed by atoms with Crippen molar-refractivity contribution in [1.82, 2.24) is 76.0 Å². The molecule has 0 aromatic heterocycles. The van der Waals surface area contributed by atoms with E-state index in [4.69, 9.17) is 0 Å². The van der Waals surface area contributed by atoms with Gasteiger partial charge in [0.15, 0.2) is 0 Å². The van der Waals surface area contributed by atoms with Crippen molar-refractivity contribution < 1.29 is 118 Å². The van der Waals surface area contributed by atoms with Crippen molar-refractivity contribution in [3.8, 4) is 0 Å². The van der Waals surface area contributed by atoms with Gasteiger partial charge in [-0.3, -0.25) is 116 Å². The normalized spacial score (nSPS) is 11.3. The number of carbonyl (C=O) groups excluding carboxylic acids is 6. The molecule has 0 aliphatic heterocycles. The van der Waals surface area contributed by atoms with Crippen molar-refractivity contribution >= 4 is 89.2 Å². The molecule has 494 valence electrons. The van der Waals surface area contributed by atoms with Gasteiger partial charge in [-0.05, 0) is 0 Å². The first-order chi connectivity index (χ1) is 40.9. The Morgan fingerprint density at radius 2 is 0.333 bits per heavy atom. The zero-order chi connectivity index (χ0) is 66.0. The zero-order valence-electron chi connectivity index (χ0n) is 48.6. The summed E-state index contributed by atoms with van der Waals surface area (Å²) >= 11 is 0.